The van der Waals surface area contributed by atoms with Crippen LogP contribution in [0.4, 0.5) is 5.82 Å². The smallest absolute Gasteiger partial charge is 0.274 e. The number of nitrogens with zero attached hydrogens (tertiary/aromatic N) is 2. The predicted octanol–water partition coefficient (Wildman–Crippen LogP) is 3.21. The van der Waals surface area contributed by atoms with Gasteiger partial charge in [0.25, 0.3) is 5.56 Å². The average Bonchev–Trinajstić information content (AvgIpc) is 2.48. The Morgan fingerprint density at radius 2 is 1.90 bits per heavy atom. The second-order valence-electron chi connectivity index (χ2n) is 5.81. The van der Waals surface area contributed by atoms with Crippen LogP contribution in [0.15, 0.2) is 35.4 Å². The van der Waals surface area contributed by atoms with E-state index < -0.39 is 0 Å². The highest BCUT2D eigenvalue weighted by atomic mass is 35.5. The highest BCUT2D eigenvalue weighted by Gasteiger charge is 2.17. The molecule has 0 radical (unpaired) electrons. The molecule has 0 fully saturated rings. The average molecular weight is 306 g/mol. The lowest BCUT2D eigenvalue weighted by atomic mass is 9.82. The molecule has 0 amide bonds. The molecule has 21 heavy (non-hydrogen) atoms. The van der Waals surface area contributed by atoms with Crippen LogP contribution < -0.4 is 11.3 Å². The maximum Gasteiger partial charge on any atom is 0.274 e. The number of aromatic nitrogens is 2. The van der Waals surface area contributed by atoms with Gasteiger partial charge in [-0.2, -0.15) is 0 Å². The van der Waals surface area contributed by atoms with E-state index >= 15 is 0 Å². The van der Waals surface area contributed by atoms with E-state index in [9.17, 15) is 4.79 Å². The van der Waals surface area contributed by atoms with Crippen LogP contribution >= 0.6 is 11.6 Å². The molecular weight excluding hydrogens is 286 g/mol. The minimum Gasteiger partial charge on any atom is -0.382 e. The van der Waals surface area contributed by atoms with Crippen LogP contribution in [-0.2, 0) is 12.0 Å². The second kappa shape index (κ2) is 5.90. The van der Waals surface area contributed by atoms with Gasteiger partial charge < -0.3 is 5.73 Å². The van der Waals surface area contributed by atoms with Crippen LogP contribution in [0.25, 0.3) is 0 Å². The minimum atomic E-state index is -0.317. The first-order valence-corrected chi connectivity index (χ1v) is 7.33. The van der Waals surface area contributed by atoms with Crippen molar-refractivity contribution in [1.82, 2.24) is 9.55 Å². The number of nitrogen functional groups attached to an aromatic ring is 1. The largest absolute Gasteiger partial charge is 0.382 e. The highest BCUT2D eigenvalue weighted by molar-refractivity contribution is 6.32. The van der Waals surface area contributed by atoms with Crippen LogP contribution in [0.1, 0.15) is 38.3 Å². The first kappa shape index (κ1) is 15.6. The van der Waals surface area contributed by atoms with Crippen LogP contribution in [-0.4, -0.2) is 9.55 Å². The summed E-state index contributed by atoms with van der Waals surface area (Å²) in [5, 5.41) is -0.0266. The van der Waals surface area contributed by atoms with Gasteiger partial charge in [-0.25, -0.2) is 4.98 Å². The number of hydrogen-bond donors (Lipinski definition) is 1. The van der Waals surface area contributed by atoms with Crippen molar-refractivity contribution in [2.45, 2.75) is 39.2 Å². The Balaban J connectivity index is 2.26. The molecule has 2 rings (SSSR count). The maximum absolute atomic E-state index is 12.0. The summed E-state index contributed by atoms with van der Waals surface area (Å²) in [6.45, 7) is 7.04. The molecule has 2 aromatic rings. The molecule has 4 nitrogen and oxygen atoms in total. The highest BCUT2D eigenvalue weighted by Crippen LogP contribution is 2.26. The van der Waals surface area contributed by atoms with Crippen molar-refractivity contribution in [2.75, 3.05) is 5.73 Å². The topological polar surface area (TPSA) is 60.9 Å². The summed E-state index contributed by atoms with van der Waals surface area (Å²) in [6.07, 6.45) is 2.50. The van der Waals surface area contributed by atoms with Crippen molar-refractivity contribution in [2.24, 2.45) is 0 Å². The molecule has 0 unspecified atom stereocenters. The first-order valence-electron chi connectivity index (χ1n) is 6.95. The summed E-state index contributed by atoms with van der Waals surface area (Å²) in [5.41, 5.74) is 7.66. The van der Waals surface area contributed by atoms with Gasteiger partial charge in [-0.1, -0.05) is 56.6 Å². The molecule has 0 bridgehead atoms. The maximum atomic E-state index is 12.0. The third-order valence-corrected chi connectivity index (χ3v) is 4.34. The van der Waals surface area contributed by atoms with Crippen LogP contribution in [0.5, 0.6) is 0 Å². The van der Waals surface area contributed by atoms with Crippen molar-refractivity contribution in [1.29, 1.82) is 0 Å². The number of anilines is 1. The van der Waals surface area contributed by atoms with E-state index in [0.29, 0.717) is 6.54 Å². The van der Waals surface area contributed by atoms with Gasteiger partial charge in [-0.3, -0.25) is 9.36 Å². The molecule has 1 heterocycles. The fraction of sp³-hybridized carbons (Fsp3) is 0.375. The molecule has 0 aliphatic carbocycles. The van der Waals surface area contributed by atoms with Gasteiger partial charge in [-0.15, -0.1) is 0 Å². The Bertz CT molecular complexity index is 690. The first-order chi connectivity index (χ1) is 9.85. The third-order valence-electron chi connectivity index (χ3n) is 3.98. The van der Waals surface area contributed by atoms with Gasteiger partial charge in [0.15, 0.2) is 0 Å². The van der Waals surface area contributed by atoms with Crippen LogP contribution in [0.2, 0.25) is 5.02 Å². The normalized spacial score (nSPS) is 11.6. The molecule has 0 aliphatic heterocycles. The molecule has 5 heteroatoms. The Kier molecular flexibility index (Phi) is 4.37. The Morgan fingerprint density at radius 3 is 2.48 bits per heavy atom. The zero-order valence-corrected chi connectivity index (χ0v) is 13.3. The van der Waals surface area contributed by atoms with E-state index in [1.54, 1.807) is 0 Å². The van der Waals surface area contributed by atoms with Crippen molar-refractivity contribution in [3.05, 3.63) is 57.1 Å². The standard InChI is InChI=1S/C16H20ClN3O/c1-4-16(2,3)12-7-5-11(6-8-12)9-20-10-19-14(18)13(17)15(20)21/h5-8,10H,4,9,18H2,1-3H3. The molecule has 0 saturated carbocycles. The summed E-state index contributed by atoms with van der Waals surface area (Å²) in [5.74, 6) is 0.0676. The quantitative estimate of drug-likeness (QED) is 0.943. The number of nitrogens with two attached hydrogens (primary N) is 1. The zero-order valence-electron chi connectivity index (χ0n) is 12.6. The van der Waals surface area contributed by atoms with E-state index in [0.717, 1.165) is 12.0 Å². The lowest BCUT2D eigenvalue weighted by Crippen LogP contribution is -2.23. The number of rotatable bonds is 4. The molecule has 0 aliphatic rings. The van der Waals surface area contributed by atoms with Gasteiger partial charge in [0, 0.05) is 0 Å². The van der Waals surface area contributed by atoms with Gasteiger partial charge >= 0.3 is 0 Å². The van der Waals surface area contributed by atoms with Crippen molar-refractivity contribution >= 4 is 17.4 Å². The van der Waals surface area contributed by atoms with Gasteiger partial charge in [-0.05, 0) is 23.0 Å². The van der Waals surface area contributed by atoms with E-state index in [1.165, 1.54) is 16.5 Å². The summed E-state index contributed by atoms with van der Waals surface area (Å²) in [7, 11) is 0. The molecule has 1 aromatic carbocycles. The van der Waals surface area contributed by atoms with E-state index in [4.69, 9.17) is 17.3 Å². The Morgan fingerprint density at radius 1 is 1.29 bits per heavy atom. The fourth-order valence-electron chi connectivity index (χ4n) is 2.05. The zero-order chi connectivity index (χ0) is 15.6. The monoisotopic (exact) mass is 305 g/mol. The number of hydrogen-bond acceptors (Lipinski definition) is 3. The molecule has 2 N–H and O–H groups in total. The summed E-state index contributed by atoms with van der Waals surface area (Å²) in [4.78, 5) is 15.9. The SMILES string of the molecule is CCC(C)(C)c1ccc(Cn2cnc(N)c(Cl)c2=O)cc1. The summed E-state index contributed by atoms with van der Waals surface area (Å²) in [6, 6.07) is 8.28. The summed E-state index contributed by atoms with van der Waals surface area (Å²) < 4.78 is 1.46. The van der Waals surface area contributed by atoms with Crippen LogP contribution in [0.3, 0.4) is 0 Å². The van der Waals surface area contributed by atoms with Gasteiger partial charge in [0.05, 0.1) is 6.54 Å². The van der Waals surface area contributed by atoms with Crippen molar-refractivity contribution in [3.8, 4) is 0 Å². The Hall–Kier alpha value is -1.81. The van der Waals surface area contributed by atoms with Gasteiger partial charge in [0.1, 0.15) is 17.2 Å². The van der Waals surface area contributed by atoms with E-state index in [-0.39, 0.29) is 21.8 Å². The third kappa shape index (κ3) is 3.27. The molecule has 112 valence electrons. The minimum absolute atomic E-state index is 0.0266. The predicted molar refractivity (Wildman–Crippen MR) is 86.8 cm³/mol. The van der Waals surface area contributed by atoms with Crippen molar-refractivity contribution < 1.29 is 0 Å². The van der Waals surface area contributed by atoms with E-state index in [2.05, 4.69) is 37.9 Å². The van der Waals surface area contributed by atoms with Crippen molar-refractivity contribution in [3.63, 3.8) is 0 Å². The fourth-order valence-corrected chi connectivity index (χ4v) is 2.21. The lowest BCUT2D eigenvalue weighted by Gasteiger charge is -2.23. The van der Waals surface area contributed by atoms with E-state index in [1.807, 2.05) is 12.1 Å². The molecular formula is C16H20ClN3O. The molecule has 0 atom stereocenters. The molecule has 0 saturated heterocycles. The number of benzene rings is 1. The number of halogens is 1. The second-order valence-corrected chi connectivity index (χ2v) is 6.19. The lowest BCUT2D eigenvalue weighted by molar-refractivity contribution is 0.506. The summed E-state index contributed by atoms with van der Waals surface area (Å²) >= 11 is 5.83. The Labute approximate surface area is 129 Å². The molecule has 0 spiro atoms. The van der Waals surface area contributed by atoms with Gasteiger partial charge in [0.2, 0.25) is 0 Å². The molecule has 1 aromatic heterocycles. The van der Waals surface area contributed by atoms with Crippen LogP contribution in [0, 0.1) is 0 Å².